The molecular formula is C13H20N2O2. The predicted octanol–water partition coefficient (Wildman–Crippen LogP) is 2.08. The van der Waals surface area contributed by atoms with E-state index < -0.39 is 0 Å². The van der Waals surface area contributed by atoms with Gasteiger partial charge in [0.15, 0.2) is 0 Å². The molecule has 4 heteroatoms. The molecule has 0 saturated carbocycles. The summed E-state index contributed by atoms with van der Waals surface area (Å²) in [4.78, 5) is 11.5. The number of urea groups is 1. The van der Waals surface area contributed by atoms with E-state index in [-0.39, 0.29) is 12.1 Å². The summed E-state index contributed by atoms with van der Waals surface area (Å²) in [6.07, 6.45) is 0.823. The van der Waals surface area contributed by atoms with E-state index in [4.69, 9.17) is 4.74 Å². The van der Waals surface area contributed by atoms with Gasteiger partial charge < -0.3 is 15.4 Å². The van der Waals surface area contributed by atoms with Gasteiger partial charge in [-0.2, -0.15) is 0 Å². The van der Waals surface area contributed by atoms with Crippen LogP contribution in [0.3, 0.4) is 0 Å². The van der Waals surface area contributed by atoms with Gasteiger partial charge in [0.25, 0.3) is 0 Å². The number of hydrogen-bond donors (Lipinski definition) is 2. The summed E-state index contributed by atoms with van der Waals surface area (Å²) >= 11 is 0. The smallest absolute Gasteiger partial charge is 0.315 e. The third-order valence-corrected chi connectivity index (χ3v) is 2.46. The van der Waals surface area contributed by atoms with E-state index in [0.717, 1.165) is 12.0 Å². The molecule has 2 N–H and O–H groups in total. The van der Waals surface area contributed by atoms with Crippen LogP contribution in [0, 0.1) is 0 Å². The van der Waals surface area contributed by atoms with Gasteiger partial charge in [-0.15, -0.1) is 0 Å². The molecule has 0 saturated heterocycles. The molecule has 1 atom stereocenters. The van der Waals surface area contributed by atoms with Crippen LogP contribution in [0.25, 0.3) is 0 Å². The van der Waals surface area contributed by atoms with Gasteiger partial charge in [0.05, 0.1) is 6.04 Å². The highest BCUT2D eigenvalue weighted by molar-refractivity contribution is 5.74. The Morgan fingerprint density at radius 3 is 2.71 bits per heavy atom. The van der Waals surface area contributed by atoms with E-state index in [1.54, 1.807) is 7.11 Å². The molecule has 0 heterocycles. The van der Waals surface area contributed by atoms with E-state index in [2.05, 4.69) is 10.6 Å². The Morgan fingerprint density at radius 1 is 1.35 bits per heavy atom. The van der Waals surface area contributed by atoms with E-state index in [1.165, 1.54) is 0 Å². The lowest BCUT2D eigenvalue weighted by atomic mass is 10.1. The van der Waals surface area contributed by atoms with Crippen molar-refractivity contribution in [1.29, 1.82) is 0 Å². The molecule has 1 rings (SSSR count). The van der Waals surface area contributed by atoms with Crippen LogP contribution in [0.1, 0.15) is 24.9 Å². The largest absolute Gasteiger partial charge is 0.385 e. The first-order valence-electron chi connectivity index (χ1n) is 5.82. The van der Waals surface area contributed by atoms with Crippen LogP contribution in [0.4, 0.5) is 4.79 Å². The van der Waals surface area contributed by atoms with Gasteiger partial charge in [0.2, 0.25) is 0 Å². The maximum absolute atomic E-state index is 11.5. The van der Waals surface area contributed by atoms with Crippen molar-refractivity contribution in [1.82, 2.24) is 10.6 Å². The van der Waals surface area contributed by atoms with Crippen LogP contribution in [0.5, 0.6) is 0 Å². The molecule has 17 heavy (non-hydrogen) atoms. The summed E-state index contributed by atoms with van der Waals surface area (Å²) in [5, 5.41) is 5.67. The van der Waals surface area contributed by atoms with Crippen molar-refractivity contribution in [3.8, 4) is 0 Å². The van der Waals surface area contributed by atoms with Crippen molar-refractivity contribution >= 4 is 6.03 Å². The van der Waals surface area contributed by atoms with Crippen LogP contribution in [0.15, 0.2) is 30.3 Å². The number of benzene rings is 1. The van der Waals surface area contributed by atoms with E-state index in [1.807, 2.05) is 37.3 Å². The highest BCUT2D eigenvalue weighted by Gasteiger charge is 2.07. The predicted molar refractivity (Wildman–Crippen MR) is 67.9 cm³/mol. The number of amides is 2. The highest BCUT2D eigenvalue weighted by atomic mass is 16.5. The number of carbonyl (C=O) groups excluding carboxylic acids is 1. The summed E-state index contributed by atoms with van der Waals surface area (Å²) in [5.74, 6) is 0. The SMILES string of the molecule is COCCCNC(=O)NC(C)c1ccccc1. The topological polar surface area (TPSA) is 50.4 Å². The second-order valence-corrected chi connectivity index (χ2v) is 3.88. The monoisotopic (exact) mass is 236 g/mol. The number of ether oxygens (including phenoxy) is 1. The maximum atomic E-state index is 11.5. The third kappa shape index (κ3) is 5.36. The number of nitrogens with one attached hydrogen (secondary N) is 2. The molecule has 1 unspecified atom stereocenters. The third-order valence-electron chi connectivity index (χ3n) is 2.46. The first-order chi connectivity index (χ1) is 8.24. The molecule has 0 aliphatic heterocycles. The van der Waals surface area contributed by atoms with Crippen LogP contribution in [0.2, 0.25) is 0 Å². The summed E-state index contributed by atoms with van der Waals surface area (Å²) in [6.45, 7) is 3.25. The Kier molecular flexibility index (Phi) is 6.10. The van der Waals surface area contributed by atoms with E-state index >= 15 is 0 Å². The van der Waals surface area contributed by atoms with Gasteiger partial charge >= 0.3 is 6.03 Å². The zero-order chi connectivity index (χ0) is 12.5. The summed E-state index contributed by atoms with van der Waals surface area (Å²) in [5.41, 5.74) is 1.10. The standard InChI is InChI=1S/C13H20N2O2/c1-11(12-7-4-3-5-8-12)15-13(16)14-9-6-10-17-2/h3-5,7-8,11H,6,9-10H2,1-2H3,(H2,14,15,16). The quantitative estimate of drug-likeness (QED) is 0.743. The molecule has 0 spiro atoms. The normalized spacial score (nSPS) is 11.9. The van der Waals surface area contributed by atoms with E-state index in [0.29, 0.717) is 13.2 Å². The van der Waals surface area contributed by atoms with Crippen molar-refractivity contribution in [2.24, 2.45) is 0 Å². The highest BCUT2D eigenvalue weighted by Crippen LogP contribution is 2.10. The Labute approximate surface area is 102 Å². The molecule has 0 bridgehead atoms. The molecule has 0 fully saturated rings. The van der Waals surface area contributed by atoms with Crippen molar-refractivity contribution in [3.05, 3.63) is 35.9 Å². The number of hydrogen-bond acceptors (Lipinski definition) is 2. The Morgan fingerprint density at radius 2 is 2.06 bits per heavy atom. The van der Waals surface area contributed by atoms with Gasteiger partial charge in [-0.1, -0.05) is 30.3 Å². The zero-order valence-electron chi connectivity index (χ0n) is 10.4. The molecule has 0 radical (unpaired) electrons. The van der Waals surface area contributed by atoms with Gasteiger partial charge in [-0.3, -0.25) is 0 Å². The van der Waals surface area contributed by atoms with E-state index in [9.17, 15) is 4.79 Å². The number of rotatable bonds is 6. The van der Waals surface area contributed by atoms with Gasteiger partial charge in [-0.25, -0.2) is 4.79 Å². The van der Waals surface area contributed by atoms with Crippen molar-refractivity contribution in [2.45, 2.75) is 19.4 Å². The Bertz CT molecular complexity index is 327. The van der Waals surface area contributed by atoms with Crippen molar-refractivity contribution in [2.75, 3.05) is 20.3 Å². The molecule has 0 aromatic heterocycles. The Hall–Kier alpha value is -1.55. The first-order valence-corrected chi connectivity index (χ1v) is 5.82. The van der Waals surface area contributed by atoms with Crippen molar-refractivity contribution < 1.29 is 9.53 Å². The second kappa shape index (κ2) is 7.68. The molecule has 1 aromatic rings. The minimum Gasteiger partial charge on any atom is -0.385 e. The average molecular weight is 236 g/mol. The fraction of sp³-hybridized carbons (Fsp3) is 0.462. The maximum Gasteiger partial charge on any atom is 0.315 e. The number of methoxy groups -OCH3 is 1. The van der Waals surface area contributed by atoms with Gasteiger partial charge in [0, 0.05) is 20.3 Å². The lowest BCUT2D eigenvalue weighted by molar-refractivity contribution is 0.193. The minimum absolute atomic E-state index is 0.0126. The molecule has 2 amide bonds. The van der Waals surface area contributed by atoms with Crippen LogP contribution >= 0.6 is 0 Å². The summed E-state index contributed by atoms with van der Waals surface area (Å²) < 4.78 is 4.90. The lowest BCUT2D eigenvalue weighted by Crippen LogP contribution is -2.37. The lowest BCUT2D eigenvalue weighted by Gasteiger charge is -2.14. The Balaban J connectivity index is 2.26. The van der Waals surface area contributed by atoms with Crippen LogP contribution in [-0.4, -0.2) is 26.3 Å². The van der Waals surface area contributed by atoms with Gasteiger partial charge in [-0.05, 0) is 18.9 Å². The van der Waals surface area contributed by atoms with Crippen LogP contribution in [-0.2, 0) is 4.74 Å². The first kappa shape index (κ1) is 13.5. The van der Waals surface area contributed by atoms with Crippen molar-refractivity contribution in [3.63, 3.8) is 0 Å². The molecular weight excluding hydrogens is 216 g/mol. The summed E-state index contributed by atoms with van der Waals surface area (Å²) in [7, 11) is 1.65. The fourth-order valence-electron chi connectivity index (χ4n) is 1.49. The fourth-order valence-corrected chi connectivity index (χ4v) is 1.49. The molecule has 0 aliphatic carbocycles. The average Bonchev–Trinajstić information content (AvgIpc) is 2.36. The number of carbonyl (C=O) groups is 1. The minimum atomic E-state index is -0.141. The summed E-state index contributed by atoms with van der Waals surface area (Å²) in [6, 6.07) is 9.75. The molecule has 0 aliphatic rings. The van der Waals surface area contributed by atoms with Gasteiger partial charge in [0.1, 0.15) is 0 Å². The second-order valence-electron chi connectivity index (χ2n) is 3.88. The zero-order valence-corrected chi connectivity index (χ0v) is 10.4. The molecule has 1 aromatic carbocycles. The van der Waals surface area contributed by atoms with Crippen LogP contribution < -0.4 is 10.6 Å². The molecule has 4 nitrogen and oxygen atoms in total. The molecule has 94 valence electrons.